The van der Waals surface area contributed by atoms with Gasteiger partial charge in [0.2, 0.25) is 5.95 Å². The molecule has 154 valence electrons. The summed E-state index contributed by atoms with van der Waals surface area (Å²) in [6.07, 6.45) is -7.33. The lowest BCUT2D eigenvalue weighted by Crippen LogP contribution is -2.52. The minimum atomic E-state index is -4.62. The van der Waals surface area contributed by atoms with E-state index in [0.717, 1.165) is 22.3 Å². The van der Waals surface area contributed by atoms with E-state index in [1.807, 2.05) is 12.1 Å². The van der Waals surface area contributed by atoms with E-state index in [0.29, 0.717) is 11.3 Å². The number of alkyl halides is 3. The zero-order valence-electron chi connectivity index (χ0n) is 14.6. The molecule has 29 heavy (non-hydrogen) atoms. The first kappa shape index (κ1) is 20.0. The summed E-state index contributed by atoms with van der Waals surface area (Å²) < 4.78 is 44.9. The van der Waals surface area contributed by atoms with Gasteiger partial charge in [-0.2, -0.15) is 13.2 Å². The smallest absolute Gasteiger partial charge is 0.388 e. The van der Waals surface area contributed by atoms with Gasteiger partial charge in [0.05, 0.1) is 23.7 Å². The SMILES string of the molecule is O[C@@H]1[C@H](O)[C@@H](Nc2nccc(C(F)(F)F)n2)CO[C@@H]1c1nc2ccc(Br)cc2[nH]1. The average molecular weight is 474 g/mol. The van der Waals surface area contributed by atoms with Crippen LogP contribution in [0.25, 0.3) is 11.0 Å². The molecule has 0 radical (unpaired) electrons. The number of benzene rings is 1. The second-order valence-corrected chi connectivity index (χ2v) is 7.45. The number of ether oxygens (including phenoxy) is 1. The maximum absolute atomic E-state index is 12.8. The third kappa shape index (κ3) is 4.06. The summed E-state index contributed by atoms with van der Waals surface area (Å²) in [5, 5.41) is 23.5. The zero-order chi connectivity index (χ0) is 20.8. The van der Waals surface area contributed by atoms with E-state index in [2.05, 4.69) is 41.2 Å². The number of aromatic amines is 1. The highest BCUT2D eigenvalue weighted by Gasteiger charge is 2.41. The molecule has 8 nitrogen and oxygen atoms in total. The summed E-state index contributed by atoms with van der Waals surface area (Å²) in [4.78, 5) is 14.5. The summed E-state index contributed by atoms with van der Waals surface area (Å²) in [6.45, 7) is -0.108. The Balaban J connectivity index is 1.50. The fraction of sp³-hybridized carbons (Fsp3) is 0.353. The Morgan fingerprint density at radius 3 is 2.72 bits per heavy atom. The number of imidazole rings is 1. The molecule has 0 bridgehead atoms. The minimum Gasteiger partial charge on any atom is -0.388 e. The number of aliphatic hydroxyl groups is 2. The number of hydrogen-bond acceptors (Lipinski definition) is 7. The predicted molar refractivity (Wildman–Crippen MR) is 98.9 cm³/mol. The molecule has 1 aliphatic rings. The third-order valence-corrected chi connectivity index (χ3v) is 5.01. The Bertz CT molecular complexity index is 1030. The molecule has 2 aromatic heterocycles. The van der Waals surface area contributed by atoms with Crippen molar-refractivity contribution < 1.29 is 28.1 Å². The molecule has 0 spiro atoms. The van der Waals surface area contributed by atoms with Gasteiger partial charge in [-0.05, 0) is 24.3 Å². The average Bonchev–Trinajstić information content (AvgIpc) is 3.08. The van der Waals surface area contributed by atoms with E-state index >= 15 is 0 Å². The van der Waals surface area contributed by atoms with E-state index < -0.39 is 36.2 Å². The molecule has 0 aliphatic carbocycles. The van der Waals surface area contributed by atoms with Crippen molar-refractivity contribution >= 4 is 32.9 Å². The largest absolute Gasteiger partial charge is 0.433 e. The normalized spacial score (nSPS) is 25.3. The monoisotopic (exact) mass is 473 g/mol. The Labute approximate surface area is 170 Å². The predicted octanol–water partition coefficient (Wildman–Crippen LogP) is 2.41. The van der Waals surface area contributed by atoms with Gasteiger partial charge < -0.3 is 25.3 Å². The molecule has 4 N–H and O–H groups in total. The van der Waals surface area contributed by atoms with Crippen LogP contribution in [0.2, 0.25) is 0 Å². The van der Waals surface area contributed by atoms with Crippen molar-refractivity contribution in [2.45, 2.75) is 30.5 Å². The number of rotatable bonds is 3. The molecule has 12 heteroatoms. The van der Waals surface area contributed by atoms with E-state index in [-0.39, 0.29) is 12.6 Å². The van der Waals surface area contributed by atoms with Crippen molar-refractivity contribution in [2.24, 2.45) is 0 Å². The van der Waals surface area contributed by atoms with Gasteiger partial charge in [-0.1, -0.05) is 15.9 Å². The lowest BCUT2D eigenvalue weighted by atomic mass is 9.97. The van der Waals surface area contributed by atoms with Crippen LogP contribution in [0.3, 0.4) is 0 Å². The molecule has 3 aromatic rings. The lowest BCUT2D eigenvalue weighted by Gasteiger charge is -2.37. The number of nitrogens with zero attached hydrogens (tertiary/aromatic N) is 3. The number of aliphatic hydroxyl groups excluding tert-OH is 2. The van der Waals surface area contributed by atoms with Crippen LogP contribution in [0.5, 0.6) is 0 Å². The molecule has 4 atom stereocenters. The van der Waals surface area contributed by atoms with Crippen LogP contribution in [-0.2, 0) is 10.9 Å². The summed E-state index contributed by atoms with van der Waals surface area (Å²) in [7, 11) is 0. The summed E-state index contributed by atoms with van der Waals surface area (Å²) >= 11 is 3.36. The lowest BCUT2D eigenvalue weighted by molar-refractivity contribution is -0.145. The number of anilines is 1. The standard InChI is InChI=1S/C17H15BrF3N5O3/c18-7-1-2-8-9(5-7)24-15(23-8)14-13(28)12(27)10(6-29-14)25-16-22-4-3-11(26-16)17(19,20)21/h1-5,10,12-14,27-28H,6H2,(H,23,24)(H,22,25,26)/t10-,12+,13+,14-/m0/s1. The van der Waals surface area contributed by atoms with E-state index in [1.165, 1.54) is 0 Å². The van der Waals surface area contributed by atoms with Gasteiger partial charge in [-0.15, -0.1) is 0 Å². The highest BCUT2D eigenvalue weighted by Crippen LogP contribution is 2.31. The Kier molecular flexibility index (Phi) is 5.19. The molecule has 1 aromatic carbocycles. The number of aromatic nitrogens is 4. The first-order valence-electron chi connectivity index (χ1n) is 8.52. The maximum atomic E-state index is 12.8. The fourth-order valence-electron chi connectivity index (χ4n) is 3.08. The summed E-state index contributed by atoms with van der Waals surface area (Å²) in [6, 6.07) is 5.23. The van der Waals surface area contributed by atoms with Crippen LogP contribution in [0, 0.1) is 0 Å². The van der Waals surface area contributed by atoms with Crippen LogP contribution in [0.15, 0.2) is 34.9 Å². The van der Waals surface area contributed by atoms with Gasteiger partial charge in [-0.25, -0.2) is 15.0 Å². The van der Waals surface area contributed by atoms with Gasteiger partial charge >= 0.3 is 6.18 Å². The van der Waals surface area contributed by atoms with Crippen LogP contribution >= 0.6 is 15.9 Å². The Morgan fingerprint density at radius 1 is 1.17 bits per heavy atom. The number of nitrogens with one attached hydrogen (secondary N) is 2. The van der Waals surface area contributed by atoms with Gasteiger partial charge in [0, 0.05) is 10.7 Å². The fourth-order valence-corrected chi connectivity index (χ4v) is 3.44. The van der Waals surface area contributed by atoms with E-state index in [9.17, 15) is 23.4 Å². The van der Waals surface area contributed by atoms with Crippen LogP contribution in [-0.4, -0.2) is 55.0 Å². The van der Waals surface area contributed by atoms with E-state index in [1.54, 1.807) is 6.07 Å². The summed E-state index contributed by atoms with van der Waals surface area (Å²) in [5.41, 5.74) is 0.261. The van der Waals surface area contributed by atoms with Gasteiger partial charge in [0.1, 0.15) is 29.8 Å². The van der Waals surface area contributed by atoms with E-state index in [4.69, 9.17) is 4.74 Å². The number of halogens is 4. The minimum absolute atomic E-state index is 0.108. The Hall–Kier alpha value is -2.28. The molecule has 1 fully saturated rings. The van der Waals surface area contributed by atoms with Crippen molar-refractivity contribution in [3.63, 3.8) is 0 Å². The summed E-state index contributed by atoms with van der Waals surface area (Å²) in [5.74, 6) is 0.00475. The molecular formula is C17H15BrF3N5O3. The van der Waals surface area contributed by atoms with Crippen molar-refractivity contribution in [2.75, 3.05) is 11.9 Å². The first-order chi connectivity index (χ1) is 13.7. The molecule has 3 heterocycles. The zero-order valence-corrected chi connectivity index (χ0v) is 16.1. The molecule has 0 unspecified atom stereocenters. The van der Waals surface area contributed by atoms with Crippen molar-refractivity contribution in [3.05, 3.63) is 46.5 Å². The number of hydrogen-bond donors (Lipinski definition) is 4. The van der Waals surface area contributed by atoms with Crippen molar-refractivity contribution in [1.82, 2.24) is 19.9 Å². The second-order valence-electron chi connectivity index (χ2n) is 6.53. The van der Waals surface area contributed by atoms with Crippen LogP contribution < -0.4 is 5.32 Å². The number of fused-ring (bicyclic) bond motifs is 1. The van der Waals surface area contributed by atoms with Gasteiger partial charge in [0.15, 0.2) is 0 Å². The highest BCUT2D eigenvalue weighted by atomic mass is 79.9. The van der Waals surface area contributed by atoms with Gasteiger partial charge in [0.25, 0.3) is 0 Å². The second kappa shape index (κ2) is 7.52. The molecule has 1 aliphatic heterocycles. The van der Waals surface area contributed by atoms with Gasteiger partial charge in [-0.3, -0.25) is 0 Å². The molecular weight excluding hydrogens is 459 g/mol. The molecule has 0 amide bonds. The van der Waals surface area contributed by atoms with Crippen molar-refractivity contribution in [3.8, 4) is 0 Å². The molecule has 0 saturated carbocycles. The topological polar surface area (TPSA) is 116 Å². The van der Waals surface area contributed by atoms with Crippen LogP contribution in [0.1, 0.15) is 17.6 Å². The van der Waals surface area contributed by atoms with Crippen molar-refractivity contribution in [1.29, 1.82) is 0 Å². The third-order valence-electron chi connectivity index (χ3n) is 4.52. The van der Waals surface area contributed by atoms with Crippen LogP contribution in [0.4, 0.5) is 19.1 Å². The maximum Gasteiger partial charge on any atom is 0.433 e. The quantitative estimate of drug-likeness (QED) is 0.461. The Morgan fingerprint density at radius 2 is 1.97 bits per heavy atom. The highest BCUT2D eigenvalue weighted by molar-refractivity contribution is 9.10. The number of H-pyrrole nitrogens is 1. The molecule has 4 rings (SSSR count). The first-order valence-corrected chi connectivity index (χ1v) is 9.31. The molecule has 1 saturated heterocycles.